The molecule has 0 radical (unpaired) electrons. The average molecular weight is 288 g/mol. The number of alkyl halides is 3. The molecule has 0 fully saturated rings. The molecule has 0 atom stereocenters. The molecule has 1 N–H and O–H groups in total. The summed E-state index contributed by atoms with van der Waals surface area (Å²) in [5.74, 6) is 0.457. The first-order chi connectivity index (χ1) is 8.95. The zero-order chi connectivity index (χ0) is 13.9. The predicted molar refractivity (Wildman–Crippen MR) is 66.1 cm³/mol. The fourth-order valence-corrected chi connectivity index (χ4v) is 2.13. The van der Waals surface area contributed by atoms with Gasteiger partial charge in [0.05, 0.1) is 5.01 Å². The van der Waals surface area contributed by atoms with Crippen molar-refractivity contribution >= 4 is 17.3 Å². The maximum absolute atomic E-state index is 12.3. The highest BCUT2D eigenvalue weighted by Crippen LogP contribution is 2.30. The predicted octanol–water partition coefficient (Wildman–Crippen LogP) is 2.91. The van der Waals surface area contributed by atoms with Crippen molar-refractivity contribution in [1.29, 1.82) is 0 Å². The highest BCUT2D eigenvalue weighted by Gasteiger charge is 2.33. The lowest BCUT2D eigenvalue weighted by atomic mass is 10.4. The molecule has 0 bridgehead atoms. The van der Waals surface area contributed by atoms with Crippen molar-refractivity contribution in [3.8, 4) is 0 Å². The van der Waals surface area contributed by atoms with Crippen molar-refractivity contribution in [3.63, 3.8) is 0 Å². The molecule has 19 heavy (non-hydrogen) atoms. The van der Waals surface area contributed by atoms with Crippen LogP contribution in [0.15, 0.2) is 17.8 Å². The first-order valence-corrected chi connectivity index (χ1v) is 6.37. The van der Waals surface area contributed by atoms with Crippen LogP contribution in [0.1, 0.15) is 16.3 Å². The van der Waals surface area contributed by atoms with Gasteiger partial charge in [-0.15, -0.1) is 11.3 Å². The highest BCUT2D eigenvalue weighted by molar-refractivity contribution is 7.09. The van der Waals surface area contributed by atoms with Crippen LogP contribution >= 0.6 is 11.3 Å². The minimum absolute atomic E-state index is 0.401. The number of thiazole rings is 1. The van der Waals surface area contributed by atoms with E-state index in [2.05, 4.69) is 20.3 Å². The van der Waals surface area contributed by atoms with E-state index in [0.29, 0.717) is 23.9 Å². The quantitative estimate of drug-likeness (QED) is 0.940. The largest absolute Gasteiger partial charge is 0.434 e. The molecule has 4 nitrogen and oxygen atoms in total. The van der Waals surface area contributed by atoms with Gasteiger partial charge in [-0.05, 0) is 12.5 Å². The maximum atomic E-state index is 12.3. The van der Waals surface area contributed by atoms with Crippen LogP contribution in [-0.2, 0) is 12.6 Å². The zero-order valence-electron chi connectivity index (χ0n) is 10.0. The molecule has 2 aromatic rings. The van der Waals surface area contributed by atoms with Crippen LogP contribution in [0.5, 0.6) is 0 Å². The second-order valence-corrected chi connectivity index (χ2v) is 4.83. The van der Waals surface area contributed by atoms with Crippen LogP contribution in [0.2, 0.25) is 0 Å². The Balaban J connectivity index is 1.86. The number of nitrogens with zero attached hydrogens (tertiary/aromatic N) is 3. The van der Waals surface area contributed by atoms with Crippen molar-refractivity contribution in [1.82, 2.24) is 15.0 Å². The summed E-state index contributed by atoms with van der Waals surface area (Å²) in [6.07, 6.45) is -0.638. The number of rotatable bonds is 4. The van der Waals surface area contributed by atoms with Crippen molar-refractivity contribution in [2.75, 3.05) is 11.9 Å². The van der Waals surface area contributed by atoms with Gasteiger partial charge in [-0.25, -0.2) is 15.0 Å². The summed E-state index contributed by atoms with van der Waals surface area (Å²) in [6, 6.07) is 0. The Morgan fingerprint density at radius 1 is 1.26 bits per heavy atom. The molecule has 0 aliphatic heterocycles. The van der Waals surface area contributed by atoms with Gasteiger partial charge >= 0.3 is 6.18 Å². The Labute approximate surface area is 111 Å². The molecule has 0 aliphatic rings. The topological polar surface area (TPSA) is 50.7 Å². The van der Waals surface area contributed by atoms with Gasteiger partial charge in [0.15, 0.2) is 5.69 Å². The fourth-order valence-electron chi connectivity index (χ4n) is 1.32. The summed E-state index contributed by atoms with van der Waals surface area (Å²) in [4.78, 5) is 11.6. The molecule has 0 amide bonds. The fraction of sp³-hybridized carbons (Fsp3) is 0.364. The van der Waals surface area contributed by atoms with Crippen LogP contribution < -0.4 is 5.32 Å². The van der Waals surface area contributed by atoms with Crippen molar-refractivity contribution in [3.05, 3.63) is 34.0 Å². The van der Waals surface area contributed by atoms with Crippen molar-refractivity contribution in [2.45, 2.75) is 19.5 Å². The van der Waals surface area contributed by atoms with E-state index in [1.807, 2.05) is 6.92 Å². The number of hydrogen-bond donors (Lipinski definition) is 1. The lowest BCUT2D eigenvalue weighted by Gasteiger charge is -2.03. The second-order valence-electron chi connectivity index (χ2n) is 3.89. The molecular formula is C11H11F3N4S. The Kier molecular flexibility index (Phi) is 3.98. The Morgan fingerprint density at radius 3 is 2.53 bits per heavy atom. The van der Waals surface area contributed by atoms with Gasteiger partial charge in [-0.2, -0.15) is 13.2 Å². The van der Waals surface area contributed by atoms with E-state index in [1.54, 1.807) is 12.4 Å². The number of hydrogen-bond acceptors (Lipinski definition) is 5. The normalized spacial score (nSPS) is 11.6. The van der Waals surface area contributed by atoms with Crippen LogP contribution in [0.3, 0.4) is 0 Å². The van der Waals surface area contributed by atoms with Gasteiger partial charge in [-0.1, -0.05) is 0 Å². The summed E-state index contributed by atoms with van der Waals surface area (Å²) < 4.78 is 37.0. The SMILES string of the molecule is Cc1cnc(NCCc2nc(C(F)(F)F)cs2)nc1. The van der Waals surface area contributed by atoms with Crippen LogP contribution in [-0.4, -0.2) is 21.5 Å². The van der Waals surface area contributed by atoms with E-state index in [0.717, 1.165) is 22.3 Å². The number of nitrogens with one attached hydrogen (secondary N) is 1. The summed E-state index contributed by atoms with van der Waals surface area (Å²) in [5.41, 5.74) is 0.111. The molecule has 2 aromatic heterocycles. The van der Waals surface area contributed by atoms with Crippen molar-refractivity contribution in [2.24, 2.45) is 0 Å². The molecule has 0 saturated carbocycles. The third-order valence-corrected chi connectivity index (χ3v) is 3.15. The third kappa shape index (κ3) is 3.88. The Bertz CT molecular complexity index is 536. The Hall–Kier alpha value is -1.70. The van der Waals surface area contributed by atoms with E-state index in [-0.39, 0.29) is 0 Å². The minimum Gasteiger partial charge on any atom is -0.354 e. The number of aromatic nitrogens is 3. The van der Waals surface area contributed by atoms with E-state index in [4.69, 9.17) is 0 Å². The van der Waals surface area contributed by atoms with E-state index >= 15 is 0 Å². The molecule has 0 aromatic carbocycles. The molecule has 0 aliphatic carbocycles. The number of anilines is 1. The Morgan fingerprint density at radius 2 is 1.95 bits per heavy atom. The molecule has 0 unspecified atom stereocenters. The second kappa shape index (κ2) is 5.52. The van der Waals surface area contributed by atoms with E-state index in [9.17, 15) is 13.2 Å². The minimum atomic E-state index is -4.37. The first kappa shape index (κ1) is 13.7. The lowest BCUT2D eigenvalue weighted by molar-refractivity contribution is -0.140. The van der Waals surface area contributed by atoms with Gasteiger partial charge in [-0.3, -0.25) is 0 Å². The van der Waals surface area contributed by atoms with Crippen molar-refractivity contribution < 1.29 is 13.2 Å². The zero-order valence-corrected chi connectivity index (χ0v) is 10.8. The van der Waals surface area contributed by atoms with Crippen LogP contribution in [0.25, 0.3) is 0 Å². The lowest BCUT2D eigenvalue weighted by Crippen LogP contribution is -2.09. The van der Waals surface area contributed by atoms with Gasteiger partial charge in [0.1, 0.15) is 0 Å². The molecule has 102 valence electrons. The van der Waals surface area contributed by atoms with Gasteiger partial charge < -0.3 is 5.32 Å². The van der Waals surface area contributed by atoms with E-state index in [1.165, 1.54) is 0 Å². The smallest absolute Gasteiger partial charge is 0.354 e. The summed E-state index contributed by atoms with van der Waals surface area (Å²) >= 11 is 1.00. The van der Waals surface area contributed by atoms with Gasteiger partial charge in [0, 0.05) is 30.7 Å². The average Bonchev–Trinajstić information content (AvgIpc) is 2.80. The van der Waals surface area contributed by atoms with E-state index < -0.39 is 11.9 Å². The van der Waals surface area contributed by atoms with Crippen LogP contribution in [0, 0.1) is 6.92 Å². The first-order valence-electron chi connectivity index (χ1n) is 5.49. The molecule has 0 saturated heterocycles. The maximum Gasteiger partial charge on any atom is 0.434 e. The molecule has 2 rings (SSSR count). The molecule has 0 spiro atoms. The van der Waals surface area contributed by atoms with Gasteiger partial charge in [0.2, 0.25) is 5.95 Å². The summed E-state index contributed by atoms with van der Waals surface area (Å²) in [5, 5.41) is 4.39. The standard InChI is InChI=1S/C11H11F3N4S/c1-7-4-16-10(17-5-7)15-3-2-9-18-8(6-19-9)11(12,13)14/h4-6H,2-3H2,1H3,(H,15,16,17). The molecule has 2 heterocycles. The van der Waals surface area contributed by atoms with Gasteiger partial charge in [0.25, 0.3) is 0 Å². The monoisotopic (exact) mass is 288 g/mol. The highest BCUT2D eigenvalue weighted by atomic mass is 32.1. The molecule has 8 heteroatoms. The third-order valence-electron chi connectivity index (χ3n) is 2.25. The summed E-state index contributed by atoms with van der Waals surface area (Å²) in [6.45, 7) is 2.31. The molecular weight excluding hydrogens is 277 g/mol. The van der Waals surface area contributed by atoms with Crippen LogP contribution in [0.4, 0.5) is 19.1 Å². The number of halogens is 3. The number of aryl methyl sites for hydroxylation is 1. The summed E-state index contributed by atoms with van der Waals surface area (Å²) in [7, 11) is 0.